The highest BCUT2D eigenvalue weighted by Crippen LogP contribution is 2.18. The molecule has 146 valence electrons. The van der Waals surface area contributed by atoms with Crippen LogP contribution < -0.4 is 16.0 Å². The number of benzene rings is 1. The molecule has 0 radical (unpaired) electrons. The van der Waals surface area contributed by atoms with E-state index in [1.165, 1.54) is 0 Å². The highest BCUT2D eigenvalue weighted by Gasteiger charge is 2.18. The Morgan fingerprint density at radius 2 is 1.79 bits per heavy atom. The maximum absolute atomic E-state index is 12.2. The number of carbonyl (C=O) groups is 3. The number of aryl methyl sites for hydroxylation is 2. The normalized spacial score (nSPS) is 10.7. The molecule has 0 fully saturated rings. The van der Waals surface area contributed by atoms with Gasteiger partial charge in [-0.05, 0) is 26.0 Å². The number of nitrogens with zero attached hydrogens (tertiary/aromatic N) is 2. The summed E-state index contributed by atoms with van der Waals surface area (Å²) in [4.78, 5) is 39.2. The second-order valence-electron chi connectivity index (χ2n) is 6.41. The number of amides is 3. The molecule has 0 spiro atoms. The van der Waals surface area contributed by atoms with Crippen molar-refractivity contribution in [1.29, 1.82) is 0 Å². The Morgan fingerprint density at radius 3 is 2.46 bits per heavy atom. The Bertz CT molecular complexity index is 1020. The summed E-state index contributed by atoms with van der Waals surface area (Å²) in [5, 5.41) is 12.9. The smallest absolute Gasteiger partial charge is 0.313 e. The predicted octanol–water partition coefficient (Wildman–Crippen LogP) is 1.00. The van der Waals surface area contributed by atoms with Crippen molar-refractivity contribution in [2.45, 2.75) is 13.8 Å². The molecule has 0 aliphatic carbocycles. The number of hydrogen-bond donors (Lipinski definition) is 4. The SMILES string of the molecule is Cc1nn(C)c(C)c1NC(=O)C(=O)NCCNC(=O)c1cc2ccccc2[nH]1. The molecule has 0 aliphatic heterocycles. The number of hydrogen-bond acceptors (Lipinski definition) is 4. The van der Waals surface area contributed by atoms with Crippen molar-refractivity contribution in [1.82, 2.24) is 25.4 Å². The summed E-state index contributed by atoms with van der Waals surface area (Å²) in [6.45, 7) is 3.87. The van der Waals surface area contributed by atoms with Crippen LogP contribution in [-0.2, 0) is 16.6 Å². The largest absolute Gasteiger partial charge is 0.351 e. The first kappa shape index (κ1) is 19.2. The lowest BCUT2D eigenvalue weighted by atomic mass is 10.2. The number of fused-ring (bicyclic) bond motifs is 1. The van der Waals surface area contributed by atoms with Gasteiger partial charge in [-0.1, -0.05) is 18.2 Å². The minimum absolute atomic E-state index is 0.128. The average Bonchev–Trinajstić information content (AvgIpc) is 3.21. The van der Waals surface area contributed by atoms with E-state index >= 15 is 0 Å². The topological polar surface area (TPSA) is 121 Å². The molecule has 0 unspecified atom stereocenters. The van der Waals surface area contributed by atoms with Gasteiger partial charge in [-0.2, -0.15) is 5.10 Å². The molecule has 3 rings (SSSR count). The molecule has 2 heterocycles. The zero-order valence-corrected chi connectivity index (χ0v) is 15.9. The van der Waals surface area contributed by atoms with Crippen LogP contribution in [0.3, 0.4) is 0 Å². The summed E-state index contributed by atoms with van der Waals surface area (Å²) < 4.78 is 1.63. The van der Waals surface area contributed by atoms with Gasteiger partial charge in [0, 0.05) is 31.0 Å². The quantitative estimate of drug-likeness (QED) is 0.389. The van der Waals surface area contributed by atoms with Gasteiger partial charge in [0.25, 0.3) is 5.91 Å². The van der Waals surface area contributed by atoms with Crippen LogP contribution in [0, 0.1) is 13.8 Å². The second-order valence-corrected chi connectivity index (χ2v) is 6.41. The van der Waals surface area contributed by atoms with Gasteiger partial charge in [0.15, 0.2) is 0 Å². The van der Waals surface area contributed by atoms with E-state index in [0.717, 1.165) is 16.6 Å². The van der Waals surface area contributed by atoms with E-state index in [4.69, 9.17) is 0 Å². The van der Waals surface area contributed by atoms with E-state index in [9.17, 15) is 14.4 Å². The standard InChI is InChI=1S/C19H22N6O3/c1-11-16(12(2)25(3)24-11)23-19(28)18(27)21-9-8-20-17(26)15-10-13-6-4-5-7-14(13)22-15/h4-7,10,22H,8-9H2,1-3H3,(H,20,26)(H,21,27)(H,23,28). The summed E-state index contributed by atoms with van der Waals surface area (Å²) in [6, 6.07) is 9.33. The average molecular weight is 382 g/mol. The van der Waals surface area contributed by atoms with E-state index < -0.39 is 11.8 Å². The van der Waals surface area contributed by atoms with Crippen molar-refractivity contribution in [2.75, 3.05) is 18.4 Å². The third-order valence-electron chi connectivity index (χ3n) is 4.42. The first-order valence-corrected chi connectivity index (χ1v) is 8.82. The summed E-state index contributed by atoms with van der Waals surface area (Å²) >= 11 is 0. The lowest BCUT2D eigenvalue weighted by molar-refractivity contribution is -0.136. The molecular formula is C19H22N6O3. The van der Waals surface area contributed by atoms with Gasteiger partial charge in [0.1, 0.15) is 5.69 Å². The summed E-state index contributed by atoms with van der Waals surface area (Å²) in [7, 11) is 1.76. The predicted molar refractivity (Wildman–Crippen MR) is 105 cm³/mol. The van der Waals surface area contributed by atoms with Crippen LogP contribution in [0.4, 0.5) is 5.69 Å². The van der Waals surface area contributed by atoms with E-state index in [2.05, 4.69) is 26.0 Å². The first-order chi connectivity index (χ1) is 13.4. The molecule has 0 saturated heterocycles. The van der Waals surface area contributed by atoms with Gasteiger partial charge in [-0.3, -0.25) is 19.1 Å². The number of aromatic amines is 1. The molecule has 0 aliphatic rings. The van der Waals surface area contributed by atoms with Crippen molar-refractivity contribution in [3.05, 3.63) is 47.4 Å². The molecule has 3 amide bonds. The van der Waals surface area contributed by atoms with E-state index in [-0.39, 0.29) is 19.0 Å². The van der Waals surface area contributed by atoms with Crippen molar-refractivity contribution in [2.24, 2.45) is 7.05 Å². The Kier molecular flexibility index (Phi) is 5.44. The highest BCUT2D eigenvalue weighted by molar-refractivity contribution is 6.39. The highest BCUT2D eigenvalue weighted by atomic mass is 16.2. The number of anilines is 1. The maximum Gasteiger partial charge on any atom is 0.313 e. The minimum atomic E-state index is -0.777. The van der Waals surface area contributed by atoms with E-state index in [1.54, 1.807) is 31.6 Å². The summed E-state index contributed by atoms with van der Waals surface area (Å²) in [6.07, 6.45) is 0. The minimum Gasteiger partial charge on any atom is -0.351 e. The molecule has 0 saturated carbocycles. The molecular weight excluding hydrogens is 360 g/mol. The van der Waals surface area contributed by atoms with Gasteiger partial charge in [0.05, 0.1) is 17.1 Å². The summed E-state index contributed by atoms with van der Waals surface area (Å²) in [5.41, 5.74) is 3.22. The Hall–Kier alpha value is -3.62. The molecule has 2 aromatic heterocycles. The maximum atomic E-state index is 12.2. The second kappa shape index (κ2) is 7.95. The van der Waals surface area contributed by atoms with Gasteiger partial charge in [0.2, 0.25) is 0 Å². The Morgan fingerprint density at radius 1 is 1.07 bits per heavy atom. The number of aromatic nitrogens is 3. The fraction of sp³-hybridized carbons (Fsp3) is 0.263. The van der Waals surface area contributed by atoms with E-state index in [1.807, 2.05) is 24.3 Å². The Balaban J connectivity index is 1.45. The lowest BCUT2D eigenvalue weighted by Gasteiger charge is -2.07. The molecule has 9 heteroatoms. The third kappa shape index (κ3) is 4.03. The fourth-order valence-electron chi connectivity index (χ4n) is 2.85. The van der Waals surface area contributed by atoms with Crippen LogP contribution in [0.5, 0.6) is 0 Å². The fourth-order valence-corrected chi connectivity index (χ4v) is 2.85. The Labute approximate surface area is 161 Å². The number of carbonyl (C=O) groups excluding carboxylic acids is 3. The number of rotatable bonds is 5. The van der Waals surface area contributed by atoms with Gasteiger partial charge in [-0.25, -0.2) is 0 Å². The molecule has 0 atom stereocenters. The van der Waals surface area contributed by atoms with Crippen LogP contribution in [0.1, 0.15) is 21.9 Å². The van der Waals surface area contributed by atoms with Crippen LogP contribution in [0.15, 0.2) is 30.3 Å². The molecule has 1 aromatic carbocycles. The molecule has 9 nitrogen and oxygen atoms in total. The third-order valence-corrected chi connectivity index (χ3v) is 4.42. The van der Waals surface area contributed by atoms with Crippen molar-refractivity contribution in [3.63, 3.8) is 0 Å². The zero-order chi connectivity index (χ0) is 20.3. The van der Waals surface area contributed by atoms with Crippen molar-refractivity contribution < 1.29 is 14.4 Å². The molecule has 28 heavy (non-hydrogen) atoms. The van der Waals surface area contributed by atoms with Crippen LogP contribution in [0.2, 0.25) is 0 Å². The molecule has 0 bridgehead atoms. The number of nitrogens with one attached hydrogen (secondary N) is 4. The van der Waals surface area contributed by atoms with Crippen molar-refractivity contribution >= 4 is 34.3 Å². The van der Waals surface area contributed by atoms with Crippen LogP contribution >= 0.6 is 0 Å². The van der Waals surface area contributed by atoms with Gasteiger partial charge in [-0.15, -0.1) is 0 Å². The number of para-hydroxylation sites is 1. The van der Waals surface area contributed by atoms with Crippen molar-refractivity contribution in [3.8, 4) is 0 Å². The van der Waals surface area contributed by atoms with E-state index in [0.29, 0.717) is 17.1 Å². The van der Waals surface area contributed by atoms with Gasteiger partial charge < -0.3 is 20.9 Å². The molecule has 4 N–H and O–H groups in total. The van der Waals surface area contributed by atoms with Crippen LogP contribution in [-0.4, -0.2) is 45.6 Å². The summed E-state index contributed by atoms with van der Waals surface area (Å²) in [5.74, 6) is -1.83. The lowest BCUT2D eigenvalue weighted by Crippen LogP contribution is -2.40. The monoisotopic (exact) mass is 382 g/mol. The first-order valence-electron chi connectivity index (χ1n) is 8.82. The van der Waals surface area contributed by atoms with Crippen LogP contribution in [0.25, 0.3) is 10.9 Å². The number of H-pyrrole nitrogens is 1. The zero-order valence-electron chi connectivity index (χ0n) is 15.9. The van der Waals surface area contributed by atoms with Gasteiger partial charge >= 0.3 is 11.8 Å². The molecule has 3 aromatic rings.